The van der Waals surface area contributed by atoms with E-state index in [1.807, 2.05) is 37.1 Å². The predicted molar refractivity (Wildman–Crippen MR) is 150 cm³/mol. The molecule has 4 rings (SSSR count). The normalized spacial score (nSPS) is 16.4. The van der Waals surface area contributed by atoms with Gasteiger partial charge >= 0.3 is 5.97 Å². The van der Waals surface area contributed by atoms with E-state index in [0.717, 1.165) is 58.2 Å². The van der Waals surface area contributed by atoms with Crippen molar-refractivity contribution in [2.75, 3.05) is 6.54 Å². The van der Waals surface area contributed by atoms with Gasteiger partial charge in [0.05, 0.1) is 10.9 Å². The molecular formula is C31H42N4O3. The number of aliphatic carboxylic acids is 1. The first-order chi connectivity index (χ1) is 17.8. The number of benzene rings is 2. The Bertz CT molecular complexity index is 1350. The topological polar surface area (TPSA) is 88.3 Å². The third-order valence-electron chi connectivity index (χ3n) is 8.81. The molecule has 2 aromatic carbocycles. The fourth-order valence-electron chi connectivity index (χ4n) is 6.22. The molecular weight excluding hydrogens is 476 g/mol. The monoisotopic (exact) mass is 518 g/mol. The Morgan fingerprint density at radius 2 is 1.82 bits per heavy atom. The number of carboxylic acids is 1. The summed E-state index contributed by atoms with van der Waals surface area (Å²) in [7, 11) is 1.86. The van der Waals surface area contributed by atoms with Crippen LogP contribution in [0.1, 0.15) is 93.5 Å². The number of aryl methyl sites for hydroxylation is 3. The van der Waals surface area contributed by atoms with E-state index in [4.69, 9.17) is 0 Å². The summed E-state index contributed by atoms with van der Waals surface area (Å²) < 4.78 is 1.73. The molecule has 1 amide bonds. The SMILES string of the molecule is CC(=O)N(Cc1cc(C(c2ccc3c(nnn3C)c2C)C(C)(C)C(=O)O)ccc1C)CC1(C)CCCCC1. The summed E-state index contributed by atoms with van der Waals surface area (Å²) in [5.41, 5.74) is 5.71. The average molecular weight is 519 g/mol. The van der Waals surface area contributed by atoms with Gasteiger partial charge in [0, 0.05) is 33.0 Å². The van der Waals surface area contributed by atoms with Gasteiger partial charge in [-0.1, -0.05) is 55.7 Å². The number of carbonyl (C=O) groups excluding carboxylic acids is 1. The maximum atomic E-state index is 12.8. The zero-order chi connectivity index (χ0) is 27.8. The standard InChI is InChI=1S/C31H42N4O3/c1-20-11-12-23(17-24(20)18-35(22(3)36)19-31(6)15-9-8-10-16-31)27(30(4,5)29(37)38)25-13-14-26-28(21(25)2)32-33-34(26)7/h11-14,17,27H,8-10,15-16,18-19H2,1-7H3,(H,37,38). The molecule has 7 nitrogen and oxygen atoms in total. The van der Waals surface area contributed by atoms with Crippen molar-refractivity contribution in [2.45, 2.75) is 86.1 Å². The van der Waals surface area contributed by atoms with E-state index >= 15 is 0 Å². The highest BCUT2D eigenvalue weighted by atomic mass is 16.4. The zero-order valence-corrected chi connectivity index (χ0v) is 24.0. The minimum absolute atomic E-state index is 0.0768. The summed E-state index contributed by atoms with van der Waals surface area (Å²) in [6.45, 7) is 12.9. The van der Waals surface area contributed by atoms with Gasteiger partial charge in [0.25, 0.3) is 0 Å². The molecule has 0 bridgehead atoms. The molecule has 1 atom stereocenters. The molecule has 1 N–H and O–H groups in total. The van der Waals surface area contributed by atoms with Crippen LogP contribution in [0.2, 0.25) is 0 Å². The summed E-state index contributed by atoms with van der Waals surface area (Å²) in [4.78, 5) is 27.3. The molecule has 1 aliphatic rings. The molecule has 1 unspecified atom stereocenters. The Hall–Kier alpha value is -3.22. The molecule has 1 fully saturated rings. The van der Waals surface area contributed by atoms with Crippen molar-refractivity contribution in [2.24, 2.45) is 17.9 Å². The van der Waals surface area contributed by atoms with Gasteiger partial charge in [-0.3, -0.25) is 9.59 Å². The molecule has 0 aliphatic heterocycles. The second-order valence-electron chi connectivity index (χ2n) is 12.3. The van der Waals surface area contributed by atoms with Crippen LogP contribution < -0.4 is 0 Å². The number of hydrogen-bond donors (Lipinski definition) is 1. The van der Waals surface area contributed by atoms with Crippen molar-refractivity contribution in [3.05, 3.63) is 58.1 Å². The first-order valence-corrected chi connectivity index (χ1v) is 13.7. The summed E-state index contributed by atoms with van der Waals surface area (Å²) in [5, 5.41) is 18.8. The van der Waals surface area contributed by atoms with Crippen LogP contribution in [0.25, 0.3) is 11.0 Å². The minimum atomic E-state index is -1.08. The number of rotatable bonds is 8. The smallest absolute Gasteiger partial charge is 0.310 e. The van der Waals surface area contributed by atoms with E-state index in [1.165, 1.54) is 19.3 Å². The van der Waals surface area contributed by atoms with Gasteiger partial charge in [-0.15, -0.1) is 5.10 Å². The van der Waals surface area contributed by atoms with E-state index in [-0.39, 0.29) is 11.3 Å². The molecule has 204 valence electrons. The summed E-state index contributed by atoms with van der Waals surface area (Å²) in [6, 6.07) is 10.2. The van der Waals surface area contributed by atoms with Crippen LogP contribution in [-0.4, -0.2) is 43.4 Å². The largest absolute Gasteiger partial charge is 0.481 e. The highest BCUT2D eigenvalue weighted by Gasteiger charge is 2.40. The van der Waals surface area contributed by atoms with E-state index in [9.17, 15) is 14.7 Å². The van der Waals surface area contributed by atoms with Crippen molar-refractivity contribution in [3.8, 4) is 0 Å². The van der Waals surface area contributed by atoms with Gasteiger partial charge in [-0.2, -0.15) is 0 Å². The van der Waals surface area contributed by atoms with E-state index in [0.29, 0.717) is 6.54 Å². The van der Waals surface area contributed by atoms with Gasteiger partial charge in [0.15, 0.2) is 0 Å². The van der Waals surface area contributed by atoms with Gasteiger partial charge in [0.2, 0.25) is 5.91 Å². The average Bonchev–Trinajstić information content (AvgIpc) is 3.23. The number of fused-ring (bicyclic) bond motifs is 1. The first-order valence-electron chi connectivity index (χ1n) is 13.7. The second-order valence-corrected chi connectivity index (χ2v) is 12.3. The fourth-order valence-corrected chi connectivity index (χ4v) is 6.22. The number of aromatic nitrogens is 3. The van der Waals surface area contributed by atoms with Gasteiger partial charge in [-0.05, 0) is 79.8 Å². The molecule has 1 aromatic heterocycles. The summed E-state index contributed by atoms with van der Waals surface area (Å²) in [6.07, 6.45) is 6.01. The quantitative estimate of drug-likeness (QED) is 0.387. The van der Waals surface area contributed by atoms with Crippen molar-refractivity contribution in [1.82, 2.24) is 19.9 Å². The molecule has 38 heavy (non-hydrogen) atoms. The minimum Gasteiger partial charge on any atom is -0.481 e. The molecule has 1 aliphatic carbocycles. The van der Waals surface area contributed by atoms with Crippen molar-refractivity contribution < 1.29 is 14.7 Å². The van der Waals surface area contributed by atoms with Crippen LogP contribution in [0.15, 0.2) is 30.3 Å². The number of nitrogens with zero attached hydrogens (tertiary/aromatic N) is 4. The lowest BCUT2D eigenvalue weighted by atomic mass is 9.69. The Balaban J connectivity index is 1.77. The molecule has 1 saturated carbocycles. The zero-order valence-electron chi connectivity index (χ0n) is 24.0. The summed E-state index contributed by atoms with van der Waals surface area (Å²) in [5.74, 6) is -1.20. The number of hydrogen-bond acceptors (Lipinski definition) is 4. The van der Waals surface area contributed by atoms with Crippen LogP contribution in [0, 0.1) is 24.7 Å². The van der Waals surface area contributed by atoms with E-state index in [2.05, 4.69) is 36.3 Å². The summed E-state index contributed by atoms with van der Waals surface area (Å²) >= 11 is 0. The van der Waals surface area contributed by atoms with Crippen LogP contribution in [-0.2, 0) is 23.2 Å². The number of carboxylic acid groups (broad SMARTS) is 1. The van der Waals surface area contributed by atoms with Crippen molar-refractivity contribution in [3.63, 3.8) is 0 Å². The Morgan fingerprint density at radius 1 is 1.13 bits per heavy atom. The number of amides is 1. The van der Waals surface area contributed by atoms with Crippen molar-refractivity contribution in [1.29, 1.82) is 0 Å². The molecule has 3 aromatic rings. The molecule has 1 heterocycles. The van der Waals surface area contributed by atoms with Crippen LogP contribution in [0.5, 0.6) is 0 Å². The maximum Gasteiger partial charge on any atom is 0.310 e. The van der Waals surface area contributed by atoms with Gasteiger partial charge < -0.3 is 10.0 Å². The van der Waals surface area contributed by atoms with E-state index < -0.39 is 17.3 Å². The van der Waals surface area contributed by atoms with E-state index in [1.54, 1.807) is 25.5 Å². The van der Waals surface area contributed by atoms with Gasteiger partial charge in [0.1, 0.15) is 5.52 Å². The Kier molecular flexibility index (Phi) is 7.69. The second kappa shape index (κ2) is 10.5. The lowest BCUT2D eigenvalue weighted by Gasteiger charge is -2.38. The van der Waals surface area contributed by atoms with Crippen LogP contribution in [0.4, 0.5) is 0 Å². The third-order valence-corrected chi connectivity index (χ3v) is 8.81. The highest BCUT2D eigenvalue weighted by molar-refractivity contribution is 5.82. The van der Waals surface area contributed by atoms with Crippen molar-refractivity contribution >= 4 is 22.9 Å². The third kappa shape index (κ3) is 5.33. The lowest BCUT2D eigenvalue weighted by molar-refractivity contribution is -0.147. The fraction of sp³-hybridized carbons (Fsp3) is 0.548. The predicted octanol–water partition coefficient (Wildman–Crippen LogP) is 6.15. The maximum absolute atomic E-state index is 12.8. The molecule has 0 spiro atoms. The van der Waals surface area contributed by atoms with Crippen LogP contribution >= 0.6 is 0 Å². The molecule has 0 radical (unpaired) electrons. The van der Waals surface area contributed by atoms with Gasteiger partial charge in [-0.25, -0.2) is 4.68 Å². The van der Waals surface area contributed by atoms with Crippen LogP contribution in [0.3, 0.4) is 0 Å². The highest BCUT2D eigenvalue weighted by Crippen LogP contribution is 2.44. The number of carbonyl (C=O) groups is 2. The first kappa shape index (κ1) is 27.8. The molecule has 0 saturated heterocycles. The Morgan fingerprint density at radius 3 is 2.45 bits per heavy atom. The molecule has 7 heteroatoms. The Labute approximate surface area is 226 Å². The lowest BCUT2D eigenvalue weighted by Crippen LogP contribution is -2.39.